The predicted molar refractivity (Wildman–Crippen MR) is 117 cm³/mol. The summed E-state index contributed by atoms with van der Waals surface area (Å²) in [5.74, 6) is -0.0793. The van der Waals surface area contributed by atoms with E-state index in [4.69, 9.17) is 0 Å². The van der Waals surface area contributed by atoms with E-state index in [1.54, 1.807) is 17.4 Å². The third-order valence-electron chi connectivity index (χ3n) is 6.35. The lowest BCUT2D eigenvalue weighted by Crippen LogP contribution is -2.56. The summed E-state index contributed by atoms with van der Waals surface area (Å²) >= 11 is 1.55. The quantitative estimate of drug-likeness (QED) is 0.644. The molecule has 2 saturated heterocycles. The number of halogens is 1. The summed E-state index contributed by atoms with van der Waals surface area (Å²) in [7, 11) is 0. The molecule has 0 aliphatic carbocycles. The molecular formula is C22H26FN5OS. The van der Waals surface area contributed by atoms with E-state index >= 15 is 0 Å². The average molecular weight is 428 g/mol. The lowest BCUT2D eigenvalue weighted by atomic mass is 10.0. The van der Waals surface area contributed by atoms with Crippen LogP contribution in [0.3, 0.4) is 0 Å². The van der Waals surface area contributed by atoms with E-state index < -0.39 is 0 Å². The van der Waals surface area contributed by atoms with Gasteiger partial charge < -0.3 is 9.80 Å². The third kappa shape index (κ3) is 3.48. The second-order valence-corrected chi connectivity index (χ2v) is 9.00. The normalized spacial score (nSPS) is 20.8. The monoisotopic (exact) mass is 427 g/mol. The van der Waals surface area contributed by atoms with Gasteiger partial charge in [-0.15, -0.1) is 11.3 Å². The third-order valence-corrected chi connectivity index (χ3v) is 7.10. The van der Waals surface area contributed by atoms with E-state index in [1.165, 1.54) is 6.07 Å². The molecule has 0 spiro atoms. The van der Waals surface area contributed by atoms with Gasteiger partial charge in [-0.1, -0.05) is 12.1 Å². The maximum Gasteiger partial charge on any atom is 0.272 e. The van der Waals surface area contributed by atoms with Crippen molar-refractivity contribution >= 4 is 27.9 Å². The van der Waals surface area contributed by atoms with Crippen molar-refractivity contribution in [3.8, 4) is 0 Å². The molecule has 1 amide bonds. The van der Waals surface area contributed by atoms with E-state index in [1.807, 2.05) is 39.9 Å². The Hall–Kier alpha value is -2.45. The second-order valence-electron chi connectivity index (χ2n) is 8.12. The number of rotatable bonds is 3. The molecule has 1 atom stereocenters. The molecule has 0 N–H and O–H groups in total. The first-order valence-electron chi connectivity index (χ1n) is 10.6. The van der Waals surface area contributed by atoms with Gasteiger partial charge in [0.15, 0.2) is 4.96 Å². The number of carbonyl (C=O) groups excluding carboxylic acids is 1. The van der Waals surface area contributed by atoms with Gasteiger partial charge in [0.05, 0.1) is 11.4 Å². The summed E-state index contributed by atoms with van der Waals surface area (Å²) in [5.41, 5.74) is 2.18. The number of aryl methyl sites for hydroxylation is 1. The zero-order valence-electron chi connectivity index (χ0n) is 17.1. The van der Waals surface area contributed by atoms with Crippen molar-refractivity contribution in [1.82, 2.24) is 19.2 Å². The van der Waals surface area contributed by atoms with Crippen LogP contribution in [0.4, 0.5) is 10.1 Å². The van der Waals surface area contributed by atoms with Gasteiger partial charge in [-0.05, 0) is 31.9 Å². The Morgan fingerprint density at radius 2 is 1.97 bits per heavy atom. The number of piperazine rings is 1. The number of piperidine rings is 1. The first-order valence-corrected chi connectivity index (χ1v) is 11.4. The van der Waals surface area contributed by atoms with Crippen LogP contribution in [0.2, 0.25) is 0 Å². The largest absolute Gasteiger partial charge is 0.367 e. The fourth-order valence-electron chi connectivity index (χ4n) is 4.77. The van der Waals surface area contributed by atoms with Crippen LogP contribution in [0.5, 0.6) is 0 Å². The summed E-state index contributed by atoms with van der Waals surface area (Å²) in [5, 5.41) is 1.96. The highest BCUT2D eigenvalue weighted by molar-refractivity contribution is 7.15. The molecule has 2 fully saturated rings. The Balaban J connectivity index is 1.25. The molecule has 2 aliphatic heterocycles. The van der Waals surface area contributed by atoms with Gasteiger partial charge in [-0.25, -0.2) is 9.37 Å². The Kier molecular flexibility index (Phi) is 5.20. The molecule has 6 nitrogen and oxygen atoms in total. The van der Waals surface area contributed by atoms with Gasteiger partial charge in [0, 0.05) is 56.9 Å². The number of imidazole rings is 1. The molecule has 0 unspecified atom stereocenters. The Morgan fingerprint density at radius 3 is 2.77 bits per heavy atom. The van der Waals surface area contributed by atoms with Gasteiger partial charge in [0.1, 0.15) is 11.5 Å². The zero-order valence-corrected chi connectivity index (χ0v) is 17.9. The van der Waals surface area contributed by atoms with Crippen molar-refractivity contribution < 1.29 is 9.18 Å². The lowest BCUT2D eigenvalue weighted by molar-refractivity contribution is 0.0556. The van der Waals surface area contributed by atoms with Crippen LogP contribution in [-0.4, -0.2) is 70.4 Å². The number of hydrogen-bond donors (Lipinski definition) is 0. The molecule has 30 heavy (non-hydrogen) atoms. The highest BCUT2D eigenvalue weighted by Crippen LogP contribution is 2.25. The topological polar surface area (TPSA) is 44.1 Å². The molecule has 158 valence electrons. The second kappa shape index (κ2) is 8.00. The molecule has 2 aliphatic rings. The van der Waals surface area contributed by atoms with Crippen LogP contribution in [0, 0.1) is 12.7 Å². The number of para-hydroxylation sites is 1. The highest BCUT2D eigenvalue weighted by atomic mass is 32.1. The van der Waals surface area contributed by atoms with Gasteiger partial charge in [0.25, 0.3) is 5.91 Å². The fourth-order valence-corrected chi connectivity index (χ4v) is 5.53. The highest BCUT2D eigenvalue weighted by Gasteiger charge is 2.32. The smallest absolute Gasteiger partial charge is 0.272 e. The number of anilines is 1. The summed E-state index contributed by atoms with van der Waals surface area (Å²) in [4.78, 5) is 25.3. The summed E-state index contributed by atoms with van der Waals surface area (Å²) in [6.07, 6.45) is 4.04. The van der Waals surface area contributed by atoms with Crippen LogP contribution in [-0.2, 0) is 0 Å². The number of hydrogen-bond acceptors (Lipinski definition) is 5. The molecule has 1 aromatic carbocycles. The van der Waals surface area contributed by atoms with Crippen LogP contribution in [0.25, 0.3) is 4.96 Å². The average Bonchev–Trinajstić information content (AvgIpc) is 3.34. The number of benzene rings is 1. The van der Waals surface area contributed by atoms with Crippen molar-refractivity contribution in [2.24, 2.45) is 0 Å². The molecule has 8 heteroatoms. The number of aromatic nitrogens is 2. The molecule has 2 aromatic heterocycles. The molecule has 3 aromatic rings. The van der Waals surface area contributed by atoms with Crippen LogP contribution >= 0.6 is 11.3 Å². The van der Waals surface area contributed by atoms with E-state index in [2.05, 4.69) is 14.8 Å². The van der Waals surface area contributed by atoms with Gasteiger partial charge in [-0.3, -0.25) is 14.1 Å². The van der Waals surface area contributed by atoms with E-state index in [0.717, 1.165) is 62.8 Å². The fraction of sp³-hybridized carbons (Fsp3) is 0.455. The van der Waals surface area contributed by atoms with E-state index in [9.17, 15) is 9.18 Å². The minimum atomic E-state index is -0.156. The van der Waals surface area contributed by atoms with Gasteiger partial charge in [-0.2, -0.15) is 0 Å². The molecule has 5 rings (SSSR count). The maximum absolute atomic E-state index is 14.1. The van der Waals surface area contributed by atoms with E-state index in [-0.39, 0.29) is 11.7 Å². The summed E-state index contributed by atoms with van der Waals surface area (Å²) in [6, 6.07) is 7.35. The van der Waals surface area contributed by atoms with Crippen LogP contribution in [0.1, 0.15) is 29.0 Å². The molecule has 4 heterocycles. The zero-order chi connectivity index (χ0) is 20.7. The van der Waals surface area contributed by atoms with Crippen LogP contribution in [0.15, 0.2) is 35.8 Å². The minimum Gasteiger partial charge on any atom is -0.367 e. The number of nitrogens with zero attached hydrogens (tertiary/aromatic N) is 5. The SMILES string of the molecule is Cc1nc2sccn2c1C(=O)N1CCC[C@@H](N2CCN(c3ccccc3F)CC2)C1. The Labute approximate surface area is 179 Å². The molecule has 0 saturated carbocycles. The van der Waals surface area contributed by atoms with Crippen molar-refractivity contribution in [2.75, 3.05) is 44.2 Å². The number of fused-ring (bicyclic) bond motifs is 1. The lowest BCUT2D eigenvalue weighted by Gasteiger charge is -2.44. The molecular weight excluding hydrogens is 401 g/mol. The standard InChI is InChI=1S/C22H26FN5OS/c1-16-20(28-13-14-30-22(28)24-16)21(29)27-8-4-5-17(15-27)25-9-11-26(12-10-25)19-7-3-2-6-18(19)23/h2-3,6-7,13-14,17H,4-5,8-12,15H2,1H3/t17-/m1/s1. The minimum absolute atomic E-state index is 0.0769. The number of amides is 1. The maximum atomic E-state index is 14.1. The Bertz CT molecular complexity index is 1050. The number of carbonyl (C=O) groups is 1. The van der Waals surface area contributed by atoms with Gasteiger partial charge >= 0.3 is 0 Å². The molecule has 0 bridgehead atoms. The summed E-state index contributed by atoms with van der Waals surface area (Å²) in [6.45, 7) is 6.85. The van der Waals surface area contributed by atoms with Crippen molar-refractivity contribution in [2.45, 2.75) is 25.8 Å². The predicted octanol–water partition coefficient (Wildman–Crippen LogP) is 3.27. The number of likely N-dealkylation sites (tertiary alicyclic amines) is 1. The summed E-state index contributed by atoms with van der Waals surface area (Å²) < 4.78 is 16.0. The van der Waals surface area contributed by atoms with Gasteiger partial charge in [0.2, 0.25) is 0 Å². The first kappa shape index (κ1) is 19.5. The van der Waals surface area contributed by atoms with Crippen molar-refractivity contribution in [3.63, 3.8) is 0 Å². The first-order chi connectivity index (χ1) is 14.6. The van der Waals surface area contributed by atoms with Crippen molar-refractivity contribution in [3.05, 3.63) is 53.0 Å². The van der Waals surface area contributed by atoms with E-state index in [0.29, 0.717) is 17.4 Å². The Morgan fingerprint density at radius 1 is 1.17 bits per heavy atom. The van der Waals surface area contributed by atoms with Crippen LogP contribution < -0.4 is 4.90 Å². The number of thiazole rings is 1. The molecule has 0 radical (unpaired) electrons. The van der Waals surface area contributed by atoms with Crippen molar-refractivity contribution in [1.29, 1.82) is 0 Å².